The minimum absolute atomic E-state index is 0.104. The van der Waals surface area contributed by atoms with Gasteiger partial charge in [-0.2, -0.15) is 4.31 Å². The number of rotatable bonds is 6. The number of aryl methyl sites for hydroxylation is 1. The summed E-state index contributed by atoms with van der Waals surface area (Å²) in [5.41, 5.74) is -0.228. The van der Waals surface area contributed by atoms with Crippen molar-refractivity contribution in [2.24, 2.45) is 0 Å². The quantitative estimate of drug-likeness (QED) is 0.366. The van der Waals surface area contributed by atoms with Crippen LogP contribution in [0.1, 0.15) is 22.8 Å². The lowest BCUT2D eigenvalue weighted by Gasteiger charge is -2.35. The summed E-state index contributed by atoms with van der Waals surface area (Å²) in [6.07, 6.45) is -1.18. The maximum Gasteiger partial charge on any atom is 0.346 e. The van der Waals surface area contributed by atoms with Gasteiger partial charge in [-0.15, -0.1) is 0 Å². The molecule has 0 radical (unpaired) electrons. The fourth-order valence-corrected chi connectivity index (χ4v) is 4.93. The molecule has 1 fully saturated rings. The van der Waals surface area contributed by atoms with Gasteiger partial charge in [-0.05, 0) is 31.5 Å². The Balaban J connectivity index is 1.64. The van der Waals surface area contributed by atoms with Gasteiger partial charge in [0, 0.05) is 32.2 Å². The van der Waals surface area contributed by atoms with Crippen molar-refractivity contribution < 1.29 is 27.7 Å². The highest BCUT2D eigenvalue weighted by Gasteiger charge is 2.33. The SMILES string of the molecule is Cc1cccc([N+](=O)[O-])c1C(=O)OC(C)C(=O)N1CCN(S(=O)(=O)c2ccccc2)CC1. The second-order valence-electron chi connectivity index (χ2n) is 7.32. The van der Waals surface area contributed by atoms with E-state index in [9.17, 15) is 28.1 Å². The van der Waals surface area contributed by atoms with Crippen LogP contribution in [-0.4, -0.2) is 66.7 Å². The molecule has 0 aromatic heterocycles. The first-order chi connectivity index (χ1) is 15.1. The molecule has 0 spiro atoms. The van der Waals surface area contributed by atoms with E-state index in [1.165, 1.54) is 40.4 Å². The first kappa shape index (κ1) is 23.4. The van der Waals surface area contributed by atoms with Gasteiger partial charge in [0.2, 0.25) is 10.0 Å². The van der Waals surface area contributed by atoms with Crippen molar-refractivity contribution in [1.82, 2.24) is 9.21 Å². The number of nitro benzene ring substituents is 1. The fraction of sp³-hybridized carbons (Fsp3) is 0.333. The van der Waals surface area contributed by atoms with Crippen LogP contribution in [0.2, 0.25) is 0 Å². The van der Waals surface area contributed by atoms with Crippen LogP contribution in [0.25, 0.3) is 0 Å². The van der Waals surface area contributed by atoms with Crippen molar-refractivity contribution in [1.29, 1.82) is 0 Å². The van der Waals surface area contributed by atoms with Gasteiger partial charge in [0.25, 0.3) is 11.6 Å². The van der Waals surface area contributed by atoms with E-state index in [-0.39, 0.29) is 36.6 Å². The molecule has 1 aliphatic rings. The Morgan fingerprint density at radius 3 is 2.25 bits per heavy atom. The number of hydrogen-bond acceptors (Lipinski definition) is 7. The molecule has 11 heteroatoms. The van der Waals surface area contributed by atoms with Gasteiger partial charge in [0.05, 0.1) is 9.82 Å². The van der Waals surface area contributed by atoms with Crippen molar-refractivity contribution in [3.63, 3.8) is 0 Å². The van der Waals surface area contributed by atoms with Crippen molar-refractivity contribution in [2.45, 2.75) is 24.8 Å². The first-order valence-electron chi connectivity index (χ1n) is 9.92. The summed E-state index contributed by atoms with van der Waals surface area (Å²) in [4.78, 5) is 37.4. The molecule has 1 saturated heterocycles. The van der Waals surface area contributed by atoms with Crippen molar-refractivity contribution in [3.05, 3.63) is 69.8 Å². The number of ether oxygens (including phenoxy) is 1. The molecule has 3 rings (SSSR count). The van der Waals surface area contributed by atoms with Gasteiger partial charge in [-0.3, -0.25) is 14.9 Å². The van der Waals surface area contributed by atoms with Crippen LogP contribution >= 0.6 is 0 Å². The molecule has 1 amide bonds. The lowest BCUT2D eigenvalue weighted by molar-refractivity contribution is -0.385. The van der Waals surface area contributed by atoms with Gasteiger partial charge in [-0.1, -0.05) is 30.3 Å². The molecule has 0 aliphatic carbocycles. The van der Waals surface area contributed by atoms with Gasteiger partial charge < -0.3 is 9.64 Å². The van der Waals surface area contributed by atoms with Crippen LogP contribution < -0.4 is 0 Å². The number of carbonyl (C=O) groups excluding carboxylic acids is 2. The summed E-state index contributed by atoms with van der Waals surface area (Å²) < 4.78 is 32.0. The van der Waals surface area contributed by atoms with E-state index >= 15 is 0 Å². The van der Waals surface area contributed by atoms with Crippen LogP contribution in [0.3, 0.4) is 0 Å². The van der Waals surface area contributed by atoms with E-state index in [0.29, 0.717) is 5.56 Å². The monoisotopic (exact) mass is 461 g/mol. The Morgan fingerprint density at radius 2 is 1.66 bits per heavy atom. The summed E-state index contributed by atoms with van der Waals surface area (Å²) >= 11 is 0. The van der Waals surface area contributed by atoms with Crippen LogP contribution in [0.5, 0.6) is 0 Å². The number of nitrogens with zero attached hydrogens (tertiary/aromatic N) is 3. The zero-order chi connectivity index (χ0) is 23.5. The minimum atomic E-state index is -3.66. The number of sulfonamides is 1. The zero-order valence-corrected chi connectivity index (χ0v) is 18.4. The standard InChI is InChI=1S/C21H23N3O7S/c1-15-7-6-10-18(24(27)28)19(15)21(26)31-16(2)20(25)22-11-13-23(14-12-22)32(29,30)17-8-4-3-5-9-17/h3-10,16H,11-14H2,1-2H3. The minimum Gasteiger partial charge on any atom is -0.449 e. The van der Waals surface area contributed by atoms with Gasteiger partial charge in [-0.25, -0.2) is 13.2 Å². The Kier molecular flexibility index (Phi) is 6.90. The number of carbonyl (C=O) groups is 2. The number of amides is 1. The molecular formula is C21H23N3O7S. The number of nitro groups is 1. The molecule has 1 unspecified atom stereocenters. The highest BCUT2D eigenvalue weighted by molar-refractivity contribution is 7.89. The molecule has 2 aromatic carbocycles. The van der Waals surface area contributed by atoms with Crippen molar-refractivity contribution in [3.8, 4) is 0 Å². The Labute approximate surface area is 185 Å². The van der Waals surface area contributed by atoms with E-state index in [0.717, 1.165) is 0 Å². The smallest absolute Gasteiger partial charge is 0.346 e. The van der Waals surface area contributed by atoms with Crippen LogP contribution in [0.15, 0.2) is 53.4 Å². The van der Waals surface area contributed by atoms with E-state index < -0.39 is 38.6 Å². The van der Waals surface area contributed by atoms with Gasteiger partial charge >= 0.3 is 5.97 Å². The van der Waals surface area contributed by atoms with Crippen molar-refractivity contribution in [2.75, 3.05) is 26.2 Å². The summed E-state index contributed by atoms with van der Waals surface area (Å²) in [5.74, 6) is -1.45. The van der Waals surface area contributed by atoms with E-state index in [4.69, 9.17) is 4.74 Å². The lowest BCUT2D eigenvalue weighted by Crippen LogP contribution is -2.52. The molecule has 1 aliphatic heterocycles. The van der Waals surface area contributed by atoms with Crippen LogP contribution in [0.4, 0.5) is 5.69 Å². The average molecular weight is 461 g/mol. The largest absolute Gasteiger partial charge is 0.449 e. The molecule has 1 heterocycles. The summed E-state index contributed by atoms with van der Waals surface area (Å²) in [6.45, 7) is 3.41. The van der Waals surface area contributed by atoms with E-state index in [2.05, 4.69) is 0 Å². The molecular weight excluding hydrogens is 438 g/mol. The Morgan fingerprint density at radius 1 is 1.03 bits per heavy atom. The lowest BCUT2D eigenvalue weighted by atomic mass is 10.1. The molecule has 0 bridgehead atoms. The number of benzene rings is 2. The predicted molar refractivity (Wildman–Crippen MR) is 114 cm³/mol. The molecule has 32 heavy (non-hydrogen) atoms. The zero-order valence-electron chi connectivity index (χ0n) is 17.6. The second-order valence-corrected chi connectivity index (χ2v) is 9.25. The molecule has 0 N–H and O–H groups in total. The molecule has 10 nitrogen and oxygen atoms in total. The predicted octanol–water partition coefficient (Wildman–Crippen LogP) is 1.98. The molecule has 170 valence electrons. The molecule has 0 saturated carbocycles. The third kappa shape index (κ3) is 4.78. The van der Waals surface area contributed by atoms with E-state index in [1.807, 2.05) is 0 Å². The second kappa shape index (κ2) is 9.45. The first-order valence-corrected chi connectivity index (χ1v) is 11.4. The fourth-order valence-electron chi connectivity index (χ4n) is 3.49. The Hall–Kier alpha value is -3.31. The third-order valence-electron chi connectivity index (χ3n) is 5.21. The summed E-state index contributed by atoms with van der Waals surface area (Å²) in [7, 11) is -3.66. The van der Waals surface area contributed by atoms with Gasteiger partial charge in [0.1, 0.15) is 5.56 Å². The third-order valence-corrected chi connectivity index (χ3v) is 7.13. The number of hydrogen-bond donors (Lipinski definition) is 0. The Bertz CT molecular complexity index is 1130. The average Bonchev–Trinajstić information content (AvgIpc) is 2.78. The highest BCUT2D eigenvalue weighted by Crippen LogP contribution is 2.24. The van der Waals surface area contributed by atoms with Crippen LogP contribution in [0, 0.1) is 17.0 Å². The topological polar surface area (TPSA) is 127 Å². The number of esters is 1. The summed E-state index contributed by atoms with van der Waals surface area (Å²) in [6, 6.07) is 12.2. The molecule has 2 aromatic rings. The van der Waals surface area contributed by atoms with Crippen LogP contribution in [-0.2, 0) is 19.6 Å². The van der Waals surface area contributed by atoms with E-state index in [1.54, 1.807) is 31.2 Å². The number of piperazine rings is 1. The normalized spacial score (nSPS) is 15.8. The van der Waals surface area contributed by atoms with Crippen molar-refractivity contribution >= 4 is 27.6 Å². The highest BCUT2D eigenvalue weighted by atomic mass is 32.2. The maximum atomic E-state index is 12.7. The summed E-state index contributed by atoms with van der Waals surface area (Å²) in [5, 5.41) is 11.2. The van der Waals surface area contributed by atoms with Gasteiger partial charge in [0.15, 0.2) is 6.10 Å². The molecule has 1 atom stereocenters. The maximum absolute atomic E-state index is 12.7.